The third-order valence-corrected chi connectivity index (χ3v) is 11.2. The highest BCUT2D eigenvalue weighted by Gasteiger charge is 2.36. The van der Waals surface area contributed by atoms with Gasteiger partial charge in [-0.15, -0.1) is 0 Å². The lowest BCUT2D eigenvalue weighted by molar-refractivity contribution is 0.487. The summed E-state index contributed by atoms with van der Waals surface area (Å²) in [7, 11) is 0. The Kier molecular flexibility index (Phi) is 4.83. The van der Waals surface area contributed by atoms with Gasteiger partial charge in [-0.25, -0.2) is 0 Å². The predicted octanol–water partition coefficient (Wildman–Crippen LogP) is 14.7. The summed E-state index contributed by atoms with van der Waals surface area (Å²) in [4.78, 5) is 0. The van der Waals surface area contributed by atoms with Crippen LogP contribution in [0.15, 0.2) is 182 Å². The Morgan fingerprint density at radius 3 is 1.78 bits per heavy atom. The molecule has 0 amide bonds. The Labute approximate surface area is 329 Å². The zero-order chi connectivity index (χ0) is 44.7. The van der Waals surface area contributed by atoms with Crippen LogP contribution in [0, 0.1) is 0 Å². The van der Waals surface area contributed by atoms with E-state index in [0.717, 1.165) is 44.3 Å². The molecule has 54 heavy (non-hydrogen) atoms. The van der Waals surface area contributed by atoms with E-state index in [1.807, 2.05) is 48.5 Å². The summed E-state index contributed by atoms with van der Waals surface area (Å²) in [6.45, 7) is 4.48. The van der Waals surface area contributed by atoms with E-state index in [1.54, 1.807) is 12.1 Å². The molecular weight excluding hydrogens is 653 g/mol. The molecule has 1 aliphatic heterocycles. The van der Waals surface area contributed by atoms with Gasteiger partial charge in [0.1, 0.15) is 11.5 Å². The second kappa shape index (κ2) is 11.7. The molecule has 1 heterocycles. The van der Waals surface area contributed by atoms with Gasteiger partial charge in [-0.2, -0.15) is 0 Å². The number of hydrogen-bond donors (Lipinski definition) is 0. The Hall–Kier alpha value is -6.70. The molecule has 9 aromatic rings. The van der Waals surface area contributed by atoms with Crippen molar-refractivity contribution in [1.29, 1.82) is 0 Å². The first-order valence-corrected chi connectivity index (χ1v) is 18.0. The summed E-state index contributed by atoms with van der Waals surface area (Å²) in [5.74, 6) is 1.18. The van der Waals surface area contributed by atoms with Gasteiger partial charge in [0.25, 0.3) is 0 Å². The minimum Gasteiger partial charge on any atom is -0.456 e. The van der Waals surface area contributed by atoms with Gasteiger partial charge in [0.05, 0.1) is 13.7 Å². The maximum Gasteiger partial charge on any atom is 0.135 e. The summed E-state index contributed by atoms with van der Waals surface area (Å²) in [5.41, 5.74) is 10.5. The van der Waals surface area contributed by atoms with Crippen LogP contribution in [0.2, 0.25) is 0 Å². The highest BCUT2D eigenvalue weighted by Crippen LogP contribution is 2.52. The van der Waals surface area contributed by atoms with Crippen molar-refractivity contribution < 1.29 is 18.4 Å². The molecule has 0 atom stereocenters. The molecule has 0 spiro atoms. The quantitative estimate of drug-likeness (QED) is 0.178. The summed E-state index contributed by atoms with van der Waals surface area (Å²) in [5, 5.41) is 3.77. The highest BCUT2D eigenvalue weighted by atomic mass is 16.5. The second-order valence-electron chi connectivity index (χ2n) is 14.6. The van der Waals surface area contributed by atoms with Crippen molar-refractivity contribution in [2.45, 2.75) is 19.3 Å². The molecule has 1 heteroatoms. The molecule has 0 fully saturated rings. The first kappa shape index (κ1) is 22.4. The van der Waals surface area contributed by atoms with E-state index in [9.17, 15) is 0 Å². The van der Waals surface area contributed by atoms with Crippen molar-refractivity contribution in [2.75, 3.05) is 0 Å². The van der Waals surface area contributed by atoms with Gasteiger partial charge in [0.15, 0.2) is 0 Å². The largest absolute Gasteiger partial charge is 0.456 e. The lowest BCUT2D eigenvalue weighted by Crippen LogP contribution is -2.15. The Morgan fingerprint density at radius 2 is 1.02 bits per heavy atom. The van der Waals surface area contributed by atoms with E-state index < -0.39 is 36.3 Å². The number of fused-ring (bicyclic) bond motifs is 6. The molecule has 0 N–H and O–H groups in total. The van der Waals surface area contributed by atoms with Gasteiger partial charge in [-0.3, -0.25) is 0 Å². The van der Waals surface area contributed by atoms with E-state index >= 15 is 0 Å². The van der Waals surface area contributed by atoms with Crippen molar-refractivity contribution >= 4 is 21.5 Å². The van der Waals surface area contributed by atoms with E-state index in [0.29, 0.717) is 28.0 Å². The van der Waals surface area contributed by atoms with Crippen molar-refractivity contribution in [3.05, 3.63) is 193 Å². The molecular formula is C53H36O. The monoisotopic (exact) mass is 698 g/mol. The SMILES string of the molecule is [2H]c1c([2H])c([2H])c(-c2cc(-c3ccc4c(c3)-c3cccc5c(-c6c([2H])c([2H])c([2H])c([2H])c6[2H])ccc(c35)O4)cc(-c3ccc4c(c3)C(C)(C)c3cc5ccccc5cc3-4)c2)c([2H])c1[2H]. The van der Waals surface area contributed by atoms with Gasteiger partial charge in [-0.1, -0.05) is 141 Å². The van der Waals surface area contributed by atoms with Crippen LogP contribution in [0.3, 0.4) is 0 Å². The molecule has 0 bridgehead atoms. The molecule has 11 rings (SSSR count). The van der Waals surface area contributed by atoms with Crippen LogP contribution in [0.25, 0.3) is 88.3 Å². The third-order valence-electron chi connectivity index (χ3n) is 11.2. The Balaban J connectivity index is 1.10. The molecule has 0 radical (unpaired) electrons. The summed E-state index contributed by atoms with van der Waals surface area (Å²) < 4.78 is 92.1. The summed E-state index contributed by atoms with van der Waals surface area (Å²) in [6.07, 6.45) is 0. The zero-order valence-electron chi connectivity index (χ0n) is 39.5. The molecule has 1 aliphatic carbocycles. The smallest absolute Gasteiger partial charge is 0.135 e. The zero-order valence-corrected chi connectivity index (χ0v) is 29.5. The number of ether oxygens (including phenoxy) is 1. The molecule has 1 nitrogen and oxygen atoms in total. The number of benzene rings is 9. The number of hydrogen-bond acceptors (Lipinski definition) is 1. The lowest BCUT2D eigenvalue weighted by Gasteiger charge is -2.23. The highest BCUT2D eigenvalue weighted by molar-refractivity contribution is 6.10. The third kappa shape index (κ3) is 4.72. The molecule has 2 aliphatic rings. The predicted molar refractivity (Wildman–Crippen MR) is 226 cm³/mol. The van der Waals surface area contributed by atoms with Gasteiger partial charge in [-0.05, 0) is 143 Å². The van der Waals surface area contributed by atoms with E-state index in [2.05, 4.69) is 74.5 Å². The fourth-order valence-corrected chi connectivity index (χ4v) is 8.51. The first-order valence-electron chi connectivity index (χ1n) is 23.0. The normalized spacial score (nSPS) is 15.9. The average molecular weight is 699 g/mol. The van der Waals surface area contributed by atoms with Crippen molar-refractivity contribution in [1.82, 2.24) is 0 Å². The Morgan fingerprint density at radius 1 is 0.407 bits per heavy atom. The second-order valence-corrected chi connectivity index (χ2v) is 14.6. The standard InChI is InChI=1S/C53H36O/c1-53(2)48-32-38(20-22-43(48)46-29-35-16-9-10-17-36(35)31-49(46)53)41-27-39(33-12-5-3-6-13-33)26-40(28-41)37-21-24-50-47(30-37)45-19-11-18-44-42(34-14-7-4-8-15-34)23-25-51(54-50)52(44)45/h3-32H,1-2H3/i3D,4D,5D,6D,7D,8D,12D,13D,14D,15D. The molecule has 0 unspecified atom stereocenters. The lowest BCUT2D eigenvalue weighted by atomic mass is 9.81. The Bertz CT molecular complexity index is 3520. The van der Waals surface area contributed by atoms with E-state index in [4.69, 9.17) is 18.4 Å². The molecule has 0 saturated heterocycles. The van der Waals surface area contributed by atoms with Gasteiger partial charge in [0, 0.05) is 16.4 Å². The fraction of sp³-hybridized carbons (Fsp3) is 0.0566. The van der Waals surface area contributed by atoms with E-state index in [-0.39, 0.29) is 40.7 Å². The van der Waals surface area contributed by atoms with Crippen LogP contribution in [0.4, 0.5) is 0 Å². The number of rotatable bonds is 4. The van der Waals surface area contributed by atoms with Gasteiger partial charge in [0.2, 0.25) is 0 Å². The average Bonchev–Trinajstić information content (AvgIpc) is 3.52. The summed E-state index contributed by atoms with van der Waals surface area (Å²) >= 11 is 0. The van der Waals surface area contributed by atoms with Crippen LogP contribution in [0.5, 0.6) is 11.5 Å². The van der Waals surface area contributed by atoms with Crippen LogP contribution in [-0.4, -0.2) is 0 Å². The van der Waals surface area contributed by atoms with Crippen molar-refractivity contribution in [2.24, 2.45) is 0 Å². The minimum absolute atomic E-state index is 0.106. The van der Waals surface area contributed by atoms with Crippen molar-refractivity contribution in [3.63, 3.8) is 0 Å². The molecule has 0 saturated carbocycles. The van der Waals surface area contributed by atoms with Crippen LogP contribution < -0.4 is 4.74 Å². The maximum absolute atomic E-state index is 8.97. The van der Waals surface area contributed by atoms with E-state index in [1.165, 1.54) is 27.5 Å². The minimum atomic E-state index is -0.456. The molecule has 0 aromatic heterocycles. The fourth-order valence-electron chi connectivity index (χ4n) is 8.51. The van der Waals surface area contributed by atoms with Crippen LogP contribution in [0.1, 0.15) is 38.7 Å². The maximum atomic E-state index is 8.97. The molecule has 254 valence electrons. The summed E-state index contributed by atoms with van der Waals surface area (Å²) in [6, 6.07) is 36.7. The topological polar surface area (TPSA) is 9.23 Å². The van der Waals surface area contributed by atoms with Crippen LogP contribution >= 0.6 is 0 Å². The molecule has 9 aromatic carbocycles. The van der Waals surface area contributed by atoms with Gasteiger partial charge < -0.3 is 4.74 Å². The van der Waals surface area contributed by atoms with Gasteiger partial charge >= 0.3 is 0 Å². The first-order chi connectivity index (χ1) is 30.6. The van der Waals surface area contributed by atoms with Crippen LogP contribution in [-0.2, 0) is 5.41 Å². The van der Waals surface area contributed by atoms with Crippen molar-refractivity contribution in [3.8, 4) is 78.3 Å².